The van der Waals surface area contributed by atoms with E-state index in [-0.39, 0.29) is 6.10 Å². The minimum absolute atomic E-state index is 0.331. The zero-order chi connectivity index (χ0) is 12.3. The zero-order valence-corrected chi connectivity index (χ0v) is 11.1. The third-order valence-electron chi connectivity index (χ3n) is 2.50. The first-order chi connectivity index (χ1) is 7.45. The van der Waals surface area contributed by atoms with Gasteiger partial charge in [0.15, 0.2) is 0 Å². The predicted octanol–water partition coefficient (Wildman–Crippen LogP) is 1.45. The molecule has 1 unspecified atom stereocenters. The first-order valence-corrected chi connectivity index (χ1v) is 5.90. The molecular weight excluding hydrogens is 226 g/mol. The largest absolute Gasteiger partial charge is 0.392 e. The molecule has 1 aromatic rings. The van der Waals surface area contributed by atoms with Crippen molar-refractivity contribution in [2.75, 3.05) is 13.6 Å². The van der Waals surface area contributed by atoms with Crippen LogP contribution in [0.1, 0.15) is 25.2 Å². The van der Waals surface area contributed by atoms with E-state index >= 15 is 0 Å². The number of rotatable bonds is 5. The highest BCUT2D eigenvalue weighted by molar-refractivity contribution is 6.31. The Hall–Kier alpha value is -0.580. The molecule has 1 atom stereocenters. The average Bonchev–Trinajstić information content (AvgIpc) is 2.44. The fraction of sp³-hybridized carbons (Fsp3) is 0.727. The van der Waals surface area contributed by atoms with Gasteiger partial charge in [-0.1, -0.05) is 18.5 Å². The van der Waals surface area contributed by atoms with Gasteiger partial charge in [-0.3, -0.25) is 9.58 Å². The van der Waals surface area contributed by atoms with Crippen molar-refractivity contribution in [3.05, 3.63) is 16.4 Å². The van der Waals surface area contributed by atoms with Crippen molar-refractivity contribution in [2.24, 2.45) is 7.05 Å². The Kier molecular flexibility index (Phi) is 4.77. The molecule has 92 valence electrons. The molecule has 0 fully saturated rings. The second-order valence-corrected chi connectivity index (χ2v) is 4.61. The standard InChI is InChI=1S/C11H20ClN3O/c1-5-9-11(12)10(15(4)13-9)7-14(3)6-8(2)16/h8,16H,5-7H2,1-4H3. The summed E-state index contributed by atoms with van der Waals surface area (Å²) in [5, 5.41) is 14.4. The number of aliphatic hydroxyl groups excluding tert-OH is 1. The molecule has 0 saturated heterocycles. The number of halogens is 1. The highest BCUT2D eigenvalue weighted by atomic mass is 35.5. The van der Waals surface area contributed by atoms with Crippen molar-refractivity contribution in [1.82, 2.24) is 14.7 Å². The molecule has 0 aliphatic heterocycles. The molecule has 0 amide bonds. The van der Waals surface area contributed by atoms with Gasteiger partial charge >= 0.3 is 0 Å². The van der Waals surface area contributed by atoms with Gasteiger partial charge in [0.05, 0.1) is 22.5 Å². The van der Waals surface area contributed by atoms with Crippen LogP contribution in [0.3, 0.4) is 0 Å². The number of aryl methyl sites for hydroxylation is 2. The Morgan fingerprint density at radius 1 is 1.56 bits per heavy atom. The van der Waals surface area contributed by atoms with Gasteiger partial charge in [-0.2, -0.15) is 5.10 Å². The number of hydrogen-bond donors (Lipinski definition) is 1. The number of hydrogen-bond acceptors (Lipinski definition) is 3. The van der Waals surface area contributed by atoms with Crippen LogP contribution >= 0.6 is 11.6 Å². The van der Waals surface area contributed by atoms with E-state index in [0.717, 1.165) is 22.8 Å². The van der Waals surface area contributed by atoms with Gasteiger partial charge in [-0.15, -0.1) is 0 Å². The zero-order valence-electron chi connectivity index (χ0n) is 10.4. The predicted molar refractivity (Wildman–Crippen MR) is 65.6 cm³/mol. The Bertz CT molecular complexity index is 349. The third kappa shape index (κ3) is 3.20. The molecule has 1 rings (SSSR count). The molecule has 5 heteroatoms. The van der Waals surface area contributed by atoms with E-state index in [0.29, 0.717) is 13.1 Å². The number of aliphatic hydroxyl groups is 1. The second-order valence-electron chi connectivity index (χ2n) is 4.23. The Morgan fingerprint density at radius 3 is 2.62 bits per heavy atom. The summed E-state index contributed by atoms with van der Waals surface area (Å²) in [7, 11) is 3.86. The molecule has 0 saturated carbocycles. The van der Waals surface area contributed by atoms with Crippen molar-refractivity contribution in [2.45, 2.75) is 32.9 Å². The van der Waals surface area contributed by atoms with Crippen molar-refractivity contribution < 1.29 is 5.11 Å². The van der Waals surface area contributed by atoms with E-state index in [1.165, 1.54) is 0 Å². The van der Waals surface area contributed by atoms with Crippen molar-refractivity contribution in [3.63, 3.8) is 0 Å². The normalized spacial score (nSPS) is 13.4. The maximum atomic E-state index is 9.29. The quantitative estimate of drug-likeness (QED) is 0.854. The molecule has 1 heterocycles. The monoisotopic (exact) mass is 245 g/mol. The SMILES string of the molecule is CCc1nn(C)c(CN(C)CC(C)O)c1Cl. The summed E-state index contributed by atoms with van der Waals surface area (Å²) in [4.78, 5) is 2.03. The first-order valence-electron chi connectivity index (χ1n) is 5.52. The topological polar surface area (TPSA) is 41.3 Å². The van der Waals surface area contributed by atoms with Crippen molar-refractivity contribution in [1.29, 1.82) is 0 Å². The Morgan fingerprint density at radius 2 is 2.19 bits per heavy atom. The minimum atomic E-state index is -0.331. The van der Waals surface area contributed by atoms with Gasteiger partial charge in [0.2, 0.25) is 0 Å². The van der Waals surface area contributed by atoms with Gasteiger partial charge in [0, 0.05) is 20.1 Å². The molecule has 0 spiro atoms. The van der Waals surface area contributed by atoms with Crippen LogP contribution in [0.4, 0.5) is 0 Å². The maximum absolute atomic E-state index is 9.29. The van der Waals surface area contributed by atoms with Gasteiger partial charge in [-0.25, -0.2) is 0 Å². The van der Waals surface area contributed by atoms with E-state index in [2.05, 4.69) is 5.10 Å². The van der Waals surface area contributed by atoms with Crippen LogP contribution in [-0.2, 0) is 20.0 Å². The van der Waals surface area contributed by atoms with Crippen LogP contribution in [0.5, 0.6) is 0 Å². The first kappa shape index (κ1) is 13.5. The lowest BCUT2D eigenvalue weighted by Crippen LogP contribution is -2.27. The molecular formula is C11H20ClN3O. The lowest BCUT2D eigenvalue weighted by Gasteiger charge is -2.18. The van der Waals surface area contributed by atoms with Crippen LogP contribution in [0.25, 0.3) is 0 Å². The number of aromatic nitrogens is 2. The molecule has 16 heavy (non-hydrogen) atoms. The highest BCUT2D eigenvalue weighted by Crippen LogP contribution is 2.21. The fourth-order valence-corrected chi connectivity index (χ4v) is 2.12. The van der Waals surface area contributed by atoms with E-state index in [4.69, 9.17) is 11.6 Å². The number of likely N-dealkylation sites (N-methyl/N-ethyl adjacent to an activating group) is 1. The molecule has 0 aliphatic carbocycles. The minimum Gasteiger partial charge on any atom is -0.392 e. The van der Waals surface area contributed by atoms with Crippen LogP contribution in [0.15, 0.2) is 0 Å². The van der Waals surface area contributed by atoms with Crippen molar-refractivity contribution in [3.8, 4) is 0 Å². The van der Waals surface area contributed by atoms with E-state index < -0.39 is 0 Å². The van der Waals surface area contributed by atoms with Crippen LogP contribution in [-0.4, -0.2) is 39.5 Å². The van der Waals surface area contributed by atoms with Crippen LogP contribution in [0.2, 0.25) is 5.02 Å². The van der Waals surface area contributed by atoms with E-state index in [1.54, 1.807) is 6.92 Å². The average molecular weight is 246 g/mol. The lowest BCUT2D eigenvalue weighted by atomic mass is 10.3. The third-order valence-corrected chi connectivity index (χ3v) is 2.93. The molecule has 0 aliphatic rings. The smallest absolute Gasteiger partial charge is 0.0863 e. The highest BCUT2D eigenvalue weighted by Gasteiger charge is 2.15. The van der Waals surface area contributed by atoms with E-state index in [1.807, 2.05) is 30.6 Å². The molecule has 4 nitrogen and oxygen atoms in total. The Balaban J connectivity index is 2.76. The maximum Gasteiger partial charge on any atom is 0.0863 e. The van der Waals surface area contributed by atoms with Gasteiger partial charge in [0.1, 0.15) is 0 Å². The summed E-state index contributed by atoms with van der Waals surface area (Å²) >= 11 is 6.24. The molecule has 0 aromatic carbocycles. The van der Waals surface area contributed by atoms with Crippen LogP contribution < -0.4 is 0 Å². The Labute approximate surface area is 102 Å². The molecule has 0 radical (unpaired) electrons. The summed E-state index contributed by atoms with van der Waals surface area (Å²) in [6.45, 7) is 5.15. The molecule has 0 bridgehead atoms. The lowest BCUT2D eigenvalue weighted by molar-refractivity contribution is 0.137. The van der Waals surface area contributed by atoms with Crippen LogP contribution in [0, 0.1) is 0 Å². The molecule has 1 N–H and O–H groups in total. The molecule has 1 aromatic heterocycles. The van der Waals surface area contributed by atoms with Gasteiger partial charge in [0.25, 0.3) is 0 Å². The van der Waals surface area contributed by atoms with Crippen molar-refractivity contribution >= 4 is 11.6 Å². The van der Waals surface area contributed by atoms with E-state index in [9.17, 15) is 5.11 Å². The summed E-state index contributed by atoms with van der Waals surface area (Å²) in [6.07, 6.45) is 0.509. The fourth-order valence-electron chi connectivity index (χ4n) is 1.76. The summed E-state index contributed by atoms with van der Waals surface area (Å²) in [6, 6.07) is 0. The number of nitrogens with zero attached hydrogens (tertiary/aromatic N) is 3. The summed E-state index contributed by atoms with van der Waals surface area (Å²) < 4.78 is 1.82. The van der Waals surface area contributed by atoms with Gasteiger partial charge in [-0.05, 0) is 20.4 Å². The second kappa shape index (κ2) is 5.66. The van der Waals surface area contributed by atoms with Gasteiger partial charge < -0.3 is 5.11 Å². The summed E-state index contributed by atoms with van der Waals surface area (Å²) in [5.74, 6) is 0. The summed E-state index contributed by atoms with van der Waals surface area (Å²) in [5.41, 5.74) is 1.94.